The molecule has 0 radical (unpaired) electrons. The molecule has 2 aliphatic carbocycles. The Labute approximate surface area is 75.4 Å². The Morgan fingerprint density at radius 3 is 2.58 bits per heavy atom. The van der Waals surface area contributed by atoms with Crippen LogP contribution in [0.25, 0.3) is 0 Å². The summed E-state index contributed by atoms with van der Waals surface area (Å²) in [7, 11) is 0. The summed E-state index contributed by atoms with van der Waals surface area (Å²) in [5.74, 6) is 0.844. The van der Waals surface area contributed by atoms with E-state index in [0.29, 0.717) is 10.8 Å². The summed E-state index contributed by atoms with van der Waals surface area (Å²) in [6.07, 6.45) is 8.56. The van der Waals surface area contributed by atoms with E-state index in [1.54, 1.807) is 0 Å². The van der Waals surface area contributed by atoms with Crippen LogP contribution in [-0.4, -0.2) is 0 Å². The number of fused-ring (bicyclic) bond motifs is 1. The largest absolute Gasteiger partial charge is 0.0777 e. The molecule has 2 aliphatic rings. The van der Waals surface area contributed by atoms with Crippen molar-refractivity contribution in [2.75, 3.05) is 0 Å². The third-order valence-corrected chi connectivity index (χ3v) is 3.24. The molecule has 0 heteroatoms. The minimum atomic E-state index is 0.334. The zero-order valence-corrected chi connectivity index (χ0v) is 8.52. The van der Waals surface area contributed by atoms with Crippen LogP contribution in [0.3, 0.4) is 0 Å². The molecule has 1 fully saturated rings. The van der Waals surface area contributed by atoms with E-state index in [4.69, 9.17) is 0 Å². The second-order valence-electron chi connectivity index (χ2n) is 5.52. The first-order chi connectivity index (χ1) is 5.42. The van der Waals surface area contributed by atoms with Gasteiger partial charge in [-0.05, 0) is 28.7 Å². The maximum Gasteiger partial charge on any atom is -0.00741 e. The van der Waals surface area contributed by atoms with E-state index in [1.165, 1.54) is 12.0 Å². The second kappa shape index (κ2) is 2.04. The third-order valence-electron chi connectivity index (χ3n) is 3.24. The standard InChI is InChI=1S/C12H18/c1-11(2,3)9-5-6-12(4)8-10(12)7-9/h5-7,10H,8H2,1-4H3. The number of hydrogen-bond donors (Lipinski definition) is 0. The Balaban J connectivity index is 2.24. The van der Waals surface area contributed by atoms with Crippen molar-refractivity contribution in [2.24, 2.45) is 16.7 Å². The van der Waals surface area contributed by atoms with Crippen LogP contribution in [0.1, 0.15) is 34.1 Å². The fourth-order valence-electron chi connectivity index (χ4n) is 1.91. The van der Waals surface area contributed by atoms with Gasteiger partial charge < -0.3 is 0 Å². The van der Waals surface area contributed by atoms with Crippen molar-refractivity contribution >= 4 is 0 Å². The van der Waals surface area contributed by atoms with Gasteiger partial charge in [0.1, 0.15) is 0 Å². The second-order valence-corrected chi connectivity index (χ2v) is 5.52. The van der Waals surface area contributed by atoms with Crippen LogP contribution < -0.4 is 0 Å². The average molecular weight is 162 g/mol. The molecule has 0 heterocycles. The molecule has 0 nitrogen and oxygen atoms in total. The van der Waals surface area contributed by atoms with Crippen molar-refractivity contribution in [3.05, 3.63) is 23.8 Å². The fraction of sp³-hybridized carbons (Fsp3) is 0.667. The van der Waals surface area contributed by atoms with E-state index in [1.807, 2.05) is 0 Å². The van der Waals surface area contributed by atoms with Gasteiger partial charge in [0.2, 0.25) is 0 Å². The van der Waals surface area contributed by atoms with Crippen LogP contribution in [-0.2, 0) is 0 Å². The van der Waals surface area contributed by atoms with Gasteiger partial charge in [0.15, 0.2) is 0 Å². The molecule has 2 atom stereocenters. The van der Waals surface area contributed by atoms with Crippen molar-refractivity contribution in [3.63, 3.8) is 0 Å². The van der Waals surface area contributed by atoms with Crippen molar-refractivity contribution in [3.8, 4) is 0 Å². The van der Waals surface area contributed by atoms with Crippen LogP contribution in [0.15, 0.2) is 23.8 Å². The molecule has 0 saturated heterocycles. The van der Waals surface area contributed by atoms with E-state index in [2.05, 4.69) is 45.9 Å². The van der Waals surface area contributed by atoms with Gasteiger partial charge in [-0.1, -0.05) is 45.9 Å². The molecule has 0 aromatic rings. The van der Waals surface area contributed by atoms with Crippen LogP contribution in [0.4, 0.5) is 0 Å². The first-order valence-corrected chi connectivity index (χ1v) is 4.83. The van der Waals surface area contributed by atoms with Gasteiger partial charge >= 0.3 is 0 Å². The van der Waals surface area contributed by atoms with Gasteiger partial charge in [-0.15, -0.1) is 0 Å². The first-order valence-electron chi connectivity index (χ1n) is 4.83. The monoisotopic (exact) mass is 162 g/mol. The summed E-state index contributed by atoms with van der Waals surface area (Å²) in [5.41, 5.74) is 2.39. The van der Waals surface area contributed by atoms with Crippen molar-refractivity contribution < 1.29 is 0 Å². The summed E-state index contributed by atoms with van der Waals surface area (Å²) in [6.45, 7) is 9.21. The van der Waals surface area contributed by atoms with Crippen LogP contribution in [0.5, 0.6) is 0 Å². The highest BCUT2D eigenvalue weighted by molar-refractivity contribution is 5.37. The minimum Gasteiger partial charge on any atom is -0.0777 e. The predicted octanol–water partition coefficient (Wildman–Crippen LogP) is 3.55. The minimum absolute atomic E-state index is 0.334. The quantitative estimate of drug-likeness (QED) is 0.511. The van der Waals surface area contributed by atoms with Crippen LogP contribution in [0, 0.1) is 16.7 Å². The lowest BCUT2D eigenvalue weighted by atomic mass is 9.82. The Hall–Kier alpha value is -0.520. The summed E-state index contributed by atoms with van der Waals surface area (Å²) >= 11 is 0. The lowest BCUT2D eigenvalue weighted by Gasteiger charge is -2.23. The van der Waals surface area contributed by atoms with Gasteiger partial charge in [0, 0.05) is 0 Å². The van der Waals surface area contributed by atoms with Gasteiger partial charge in [-0.25, -0.2) is 0 Å². The molecule has 0 N–H and O–H groups in total. The average Bonchev–Trinajstić information content (AvgIpc) is 2.56. The summed E-state index contributed by atoms with van der Waals surface area (Å²) in [6, 6.07) is 0. The van der Waals surface area contributed by atoms with E-state index < -0.39 is 0 Å². The highest BCUT2D eigenvalue weighted by atomic mass is 14.5. The Morgan fingerprint density at radius 2 is 2.08 bits per heavy atom. The smallest absolute Gasteiger partial charge is 0.00741 e. The topological polar surface area (TPSA) is 0 Å². The molecule has 0 bridgehead atoms. The molecule has 0 aromatic heterocycles. The van der Waals surface area contributed by atoms with Crippen molar-refractivity contribution in [2.45, 2.75) is 34.1 Å². The summed E-state index contributed by atoms with van der Waals surface area (Å²) in [4.78, 5) is 0. The molecule has 1 saturated carbocycles. The van der Waals surface area contributed by atoms with Gasteiger partial charge in [-0.2, -0.15) is 0 Å². The fourth-order valence-corrected chi connectivity index (χ4v) is 1.91. The highest BCUT2D eigenvalue weighted by Crippen LogP contribution is 2.57. The highest BCUT2D eigenvalue weighted by Gasteiger charge is 2.48. The van der Waals surface area contributed by atoms with Crippen molar-refractivity contribution in [1.82, 2.24) is 0 Å². The predicted molar refractivity (Wildman–Crippen MR) is 52.9 cm³/mol. The first kappa shape index (κ1) is 8.10. The summed E-state index contributed by atoms with van der Waals surface area (Å²) in [5, 5.41) is 0. The maximum absolute atomic E-state index is 2.47. The Morgan fingerprint density at radius 1 is 1.42 bits per heavy atom. The molecular formula is C12H18. The van der Waals surface area contributed by atoms with E-state index in [-0.39, 0.29) is 0 Å². The van der Waals surface area contributed by atoms with Crippen LogP contribution >= 0.6 is 0 Å². The van der Waals surface area contributed by atoms with E-state index in [9.17, 15) is 0 Å². The SMILES string of the molecule is CC(C)(C)C1=CC2CC2(C)C=C1. The molecular weight excluding hydrogens is 144 g/mol. The van der Waals surface area contributed by atoms with Gasteiger partial charge in [0.25, 0.3) is 0 Å². The zero-order valence-electron chi connectivity index (χ0n) is 8.52. The van der Waals surface area contributed by atoms with Gasteiger partial charge in [0.05, 0.1) is 0 Å². The molecule has 66 valence electrons. The van der Waals surface area contributed by atoms with Crippen molar-refractivity contribution in [1.29, 1.82) is 0 Å². The Kier molecular flexibility index (Phi) is 1.38. The van der Waals surface area contributed by atoms with Gasteiger partial charge in [-0.3, -0.25) is 0 Å². The van der Waals surface area contributed by atoms with E-state index in [0.717, 1.165) is 5.92 Å². The Bertz CT molecular complexity index is 262. The normalized spacial score (nSPS) is 39.0. The lowest BCUT2D eigenvalue weighted by molar-refractivity contribution is 0.506. The lowest BCUT2D eigenvalue weighted by Crippen LogP contribution is -2.11. The third kappa shape index (κ3) is 1.14. The number of allylic oxidation sites excluding steroid dienone is 4. The molecule has 12 heavy (non-hydrogen) atoms. The van der Waals surface area contributed by atoms with E-state index >= 15 is 0 Å². The number of hydrogen-bond acceptors (Lipinski definition) is 0. The molecule has 2 unspecified atom stereocenters. The number of rotatable bonds is 0. The molecule has 0 spiro atoms. The van der Waals surface area contributed by atoms with Crippen LogP contribution in [0.2, 0.25) is 0 Å². The molecule has 2 rings (SSSR count). The molecule has 0 aromatic carbocycles. The maximum atomic E-state index is 2.47. The molecule has 0 amide bonds. The molecule has 0 aliphatic heterocycles. The summed E-state index contributed by atoms with van der Waals surface area (Å²) < 4.78 is 0. The zero-order chi connectivity index (χ0) is 8.98.